The molecule has 0 radical (unpaired) electrons. The second kappa shape index (κ2) is 2.97. The number of alkyl halides is 2. The Kier molecular flexibility index (Phi) is 2.20. The van der Waals surface area contributed by atoms with Gasteiger partial charge in [0, 0.05) is 0 Å². The Balaban J connectivity index is 2.83. The normalized spacial score (nSPS) is 11.0. The quantitative estimate of drug-likeness (QED) is 0.674. The number of hydrogen-bond acceptors (Lipinski definition) is 2. The van der Waals surface area contributed by atoms with Crippen molar-refractivity contribution in [1.82, 2.24) is 0 Å². The number of halogens is 2. The van der Waals surface area contributed by atoms with Crippen LogP contribution in [0.4, 0.5) is 8.78 Å². The van der Waals surface area contributed by atoms with E-state index in [2.05, 4.69) is 0 Å². The molecule has 1 aromatic heterocycles. The highest BCUT2D eigenvalue weighted by molar-refractivity contribution is 7.10. The molecule has 1 rings (SSSR count). The Hall–Kier alpha value is -0.950. The van der Waals surface area contributed by atoms with Crippen LogP contribution in [0, 0.1) is 11.3 Å². The van der Waals surface area contributed by atoms with Gasteiger partial charge >= 0.3 is 0 Å². The van der Waals surface area contributed by atoms with E-state index in [0.717, 1.165) is 11.3 Å². The molecule has 0 amide bonds. The summed E-state index contributed by atoms with van der Waals surface area (Å²) in [7, 11) is 0. The van der Waals surface area contributed by atoms with Crippen molar-refractivity contribution in [3.8, 4) is 6.07 Å². The SMILES string of the molecule is N#CCC(F)(F)c1cccs1. The van der Waals surface area contributed by atoms with Crippen molar-refractivity contribution in [3.05, 3.63) is 22.4 Å². The van der Waals surface area contributed by atoms with Gasteiger partial charge in [0.05, 0.1) is 10.9 Å². The minimum absolute atomic E-state index is 0.0425. The fraction of sp³-hybridized carbons (Fsp3) is 0.286. The van der Waals surface area contributed by atoms with Gasteiger partial charge in [-0.2, -0.15) is 14.0 Å². The van der Waals surface area contributed by atoms with Crippen LogP contribution >= 0.6 is 11.3 Å². The molecule has 0 N–H and O–H groups in total. The van der Waals surface area contributed by atoms with Crippen molar-refractivity contribution in [2.75, 3.05) is 0 Å². The van der Waals surface area contributed by atoms with Crippen LogP contribution in [0.1, 0.15) is 11.3 Å². The molecule has 1 nitrogen and oxygen atoms in total. The van der Waals surface area contributed by atoms with Gasteiger partial charge in [-0.05, 0) is 11.4 Å². The molecule has 58 valence electrons. The fourth-order valence-electron chi connectivity index (χ4n) is 0.673. The van der Waals surface area contributed by atoms with Gasteiger partial charge in [-0.3, -0.25) is 0 Å². The predicted octanol–water partition coefficient (Wildman–Crippen LogP) is 2.75. The van der Waals surface area contributed by atoms with E-state index < -0.39 is 12.3 Å². The molecule has 0 saturated heterocycles. The summed E-state index contributed by atoms with van der Waals surface area (Å²) >= 11 is 0.969. The number of nitriles is 1. The van der Waals surface area contributed by atoms with Crippen molar-refractivity contribution in [2.45, 2.75) is 12.3 Å². The first kappa shape index (κ1) is 8.15. The molecule has 11 heavy (non-hydrogen) atoms. The minimum Gasteiger partial charge on any atom is -0.199 e. The molecule has 0 aliphatic rings. The number of nitrogens with zero attached hydrogens (tertiary/aromatic N) is 1. The molecule has 1 heterocycles. The van der Waals surface area contributed by atoms with E-state index in [1.54, 1.807) is 11.4 Å². The van der Waals surface area contributed by atoms with Gasteiger partial charge in [0.15, 0.2) is 0 Å². The lowest BCUT2D eigenvalue weighted by atomic mass is 10.2. The summed E-state index contributed by atoms with van der Waals surface area (Å²) in [6.45, 7) is 0. The molecule has 0 atom stereocenters. The van der Waals surface area contributed by atoms with E-state index in [-0.39, 0.29) is 4.88 Å². The Bertz CT molecular complexity index is 260. The zero-order valence-electron chi connectivity index (χ0n) is 5.55. The highest BCUT2D eigenvalue weighted by atomic mass is 32.1. The Labute approximate surface area is 66.9 Å². The van der Waals surface area contributed by atoms with Crippen molar-refractivity contribution >= 4 is 11.3 Å². The van der Waals surface area contributed by atoms with Crippen LogP contribution in [0.25, 0.3) is 0 Å². The lowest BCUT2D eigenvalue weighted by Crippen LogP contribution is -2.09. The van der Waals surface area contributed by atoms with Crippen LogP contribution in [-0.2, 0) is 5.92 Å². The van der Waals surface area contributed by atoms with Crippen LogP contribution in [0.2, 0.25) is 0 Å². The molecule has 0 spiro atoms. The minimum atomic E-state index is -2.97. The second-order valence-electron chi connectivity index (χ2n) is 2.02. The molecule has 1 aromatic rings. The standard InChI is InChI=1S/C7H5F2NS/c8-7(9,3-4-10)6-2-1-5-11-6/h1-2,5H,3H2. The zero-order valence-corrected chi connectivity index (χ0v) is 6.37. The monoisotopic (exact) mass is 173 g/mol. The molecule has 0 unspecified atom stereocenters. The van der Waals surface area contributed by atoms with E-state index in [1.807, 2.05) is 0 Å². The smallest absolute Gasteiger partial charge is 0.199 e. The Morgan fingerprint density at radius 3 is 2.82 bits per heavy atom. The molecule has 0 aliphatic carbocycles. The maximum atomic E-state index is 12.8. The summed E-state index contributed by atoms with van der Waals surface area (Å²) in [5.74, 6) is -2.97. The summed E-state index contributed by atoms with van der Waals surface area (Å²) in [6.07, 6.45) is -0.743. The first-order valence-corrected chi connectivity index (χ1v) is 3.83. The van der Waals surface area contributed by atoms with Crippen molar-refractivity contribution in [3.63, 3.8) is 0 Å². The highest BCUT2D eigenvalue weighted by Gasteiger charge is 2.31. The lowest BCUT2D eigenvalue weighted by molar-refractivity contribution is 0.00491. The van der Waals surface area contributed by atoms with Crippen LogP contribution in [0.3, 0.4) is 0 Å². The summed E-state index contributed by atoms with van der Waals surface area (Å²) < 4.78 is 25.6. The van der Waals surface area contributed by atoms with E-state index in [4.69, 9.17) is 5.26 Å². The average Bonchev–Trinajstić information content (AvgIpc) is 2.37. The molecular weight excluding hydrogens is 168 g/mol. The van der Waals surface area contributed by atoms with Gasteiger partial charge in [0.1, 0.15) is 6.42 Å². The van der Waals surface area contributed by atoms with Gasteiger partial charge in [-0.1, -0.05) is 6.07 Å². The molecule has 4 heteroatoms. The number of thiophene rings is 1. The highest BCUT2D eigenvalue weighted by Crippen LogP contribution is 2.33. The van der Waals surface area contributed by atoms with Gasteiger partial charge < -0.3 is 0 Å². The van der Waals surface area contributed by atoms with E-state index in [9.17, 15) is 8.78 Å². The molecule has 0 aromatic carbocycles. The third-order valence-electron chi connectivity index (χ3n) is 1.18. The van der Waals surface area contributed by atoms with Gasteiger partial charge in [-0.25, -0.2) is 0 Å². The number of hydrogen-bond donors (Lipinski definition) is 0. The maximum Gasteiger partial charge on any atom is 0.294 e. The second-order valence-corrected chi connectivity index (χ2v) is 2.96. The van der Waals surface area contributed by atoms with Crippen molar-refractivity contribution in [1.29, 1.82) is 5.26 Å². The summed E-state index contributed by atoms with van der Waals surface area (Å²) in [5.41, 5.74) is 0. The molecule has 0 aliphatic heterocycles. The summed E-state index contributed by atoms with van der Waals surface area (Å²) in [5, 5.41) is 9.65. The van der Waals surface area contributed by atoms with E-state index >= 15 is 0 Å². The Morgan fingerprint density at radius 2 is 2.36 bits per heavy atom. The molecular formula is C7H5F2NS. The average molecular weight is 173 g/mol. The van der Waals surface area contributed by atoms with Gasteiger partial charge in [0.2, 0.25) is 0 Å². The largest absolute Gasteiger partial charge is 0.294 e. The lowest BCUT2D eigenvalue weighted by Gasteiger charge is -2.08. The van der Waals surface area contributed by atoms with Crippen LogP contribution in [-0.4, -0.2) is 0 Å². The van der Waals surface area contributed by atoms with Crippen LogP contribution in [0.15, 0.2) is 17.5 Å². The molecule has 0 bridgehead atoms. The van der Waals surface area contributed by atoms with Crippen LogP contribution in [0.5, 0.6) is 0 Å². The van der Waals surface area contributed by atoms with Gasteiger partial charge in [-0.15, -0.1) is 11.3 Å². The summed E-state index contributed by atoms with van der Waals surface area (Å²) in [4.78, 5) is -0.0425. The fourth-order valence-corrected chi connectivity index (χ4v) is 1.38. The van der Waals surface area contributed by atoms with Gasteiger partial charge in [0.25, 0.3) is 5.92 Å². The molecule has 0 saturated carbocycles. The number of rotatable bonds is 2. The third kappa shape index (κ3) is 1.75. The van der Waals surface area contributed by atoms with Crippen LogP contribution < -0.4 is 0 Å². The molecule has 0 fully saturated rings. The zero-order chi connectivity index (χ0) is 8.32. The first-order chi connectivity index (χ1) is 5.17. The van der Waals surface area contributed by atoms with Crippen molar-refractivity contribution in [2.24, 2.45) is 0 Å². The van der Waals surface area contributed by atoms with Crippen molar-refractivity contribution < 1.29 is 8.78 Å². The van der Waals surface area contributed by atoms with E-state index in [1.165, 1.54) is 12.1 Å². The predicted molar refractivity (Wildman–Crippen MR) is 38.4 cm³/mol. The first-order valence-electron chi connectivity index (χ1n) is 2.95. The van der Waals surface area contributed by atoms with E-state index in [0.29, 0.717) is 0 Å². The topological polar surface area (TPSA) is 23.8 Å². The third-order valence-corrected chi connectivity index (χ3v) is 2.16. The Morgan fingerprint density at radius 1 is 1.64 bits per heavy atom. The summed E-state index contributed by atoms with van der Waals surface area (Å²) in [6, 6.07) is 4.34. The maximum absolute atomic E-state index is 12.8.